The third-order valence-electron chi connectivity index (χ3n) is 3.40. The van der Waals surface area contributed by atoms with E-state index in [4.69, 9.17) is 0 Å². The molecule has 0 fully saturated rings. The molecule has 24 heavy (non-hydrogen) atoms. The molecule has 0 atom stereocenters. The summed E-state index contributed by atoms with van der Waals surface area (Å²) in [6, 6.07) is 18.2. The van der Waals surface area contributed by atoms with Gasteiger partial charge in [-0.05, 0) is 35.2 Å². The van der Waals surface area contributed by atoms with E-state index >= 15 is 0 Å². The normalized spacial score (nSPS) is 10.5. The highest BCUT2D eigenvalue weighted by molar-refractivity contribution is 7.99. The van der Waals surface area contributed by atoms with Crippen LogP contribution in [0.5, 0.6) is 0 Å². The summed E-state index contributed by atoms with van der Waals surface area (Å²) in [6.07, 6.45) is 0. The topological polar surface area (TPSA) is 29.1 Å². The quantitative estimate of drug-likeness (QED) is 0.638. The van der Waals surface area contributed by atoms with E-state index < -0.39 is 0 Å². The molecule has 3 aromatic rings. The van der Waals surface area contributed by atoms with Gasteiger partial charge >= 0.3 is 0 Å². The Bertz CT molecular complexity index is 800. The Balaban J connectivity index is 1.57. The van der Waals surface area contributed by atoms with Crippen molar-refractivity contribution >= 4 is 34.7 Å². The van der Waals surface area contributed by atoms with E-state index in [1.807, 2.05) is 41.8 Å². The Labute approximate surface area is 148 Å². The molecule has 122 valence electrons. The fourth-order valence-electron chi connectivity index (χ4n) is 2.27. The standard InChI is InChI=1S/C19H16FNOS2/c20-15-9-7-14(8-10-15)12-23-13-19(22)21-17-5-2-1-4-16(17)18-6-3-11-24-18/h1-11H,12-13H2,(H,21,22). The summed E-state index contributed by atoms with van der Waals surface area (Å²) in [4.78, 5) is 13.3. The van der Waals surface area contributed by atoms with Gasteiger partial charge in [-0.15, -0.1) is 23.1 Å². The minimum absolute atomic E-state index is 0.0360. The van der Waals surface area contributed by atoms with Crippen LogP contribution in [0.2, 0.25) is 0 Å². The SMILES string of the molecule is O=C(CSCc1ccc(F)cc1)Nc1ccccc1-c1cccs1. The molecule has 0 bridgehead atoms. The van der Waals surface area contributed by atoms with Gasteiger partial charge < -0.3 is 5.32 Å². The number of hydrogen-bond donors (Lipinski definition) is 1. The summed E-state index contributed by atoms with van der Waals surface area (Å²) in [5, 5.41) is 5.00. The van der Waals surface area contributed by atoms with Crippen molar-refractivity contribution in [2.45, 2.75) is 5.75 Å². The Hall–Kier alpha value is -2.11. The lowest BCUT2D eigenvalue weighted by Crippen LogP contribution is -2.14. The summed E-state index contributed by atoms with van der Waals surface area (Å²) in [5.41, 5.74) is 2.87. The van der Waals surface area contributed by atoms with E-state index in [-0.39, 0.29) is 11.7 Å². The second-order valence-corrected chi connectivity index (χ2v) is 7.12. The average Bonchev–Trinajstić information content (AvgIpc) is 3.11. The molecule has 1 N–H and O–H groups in total. The highest BCUT2D eigenvalue weighted by atomic mass is 32.2. The molecule has 2 nitrogen and oxygen atoms in total. The van der Waals surface area contributed by atoms with Crippen molar-refractivity contribution in [1.82, 2.24) is 0 Å². The predicted molar refractivity (Wildman–Crippen MR) is 101 cm³/mol. The first-order chi connectivity index (χ1) is 11.7. The molecular formula is C19H16FNOS2. The van der Waals surface area contributed by atoms with Crippen LogP contribution in [0.3, 0.4) is 0 Å². The molecule has 0 aliphatic carbocycles. The summed E-state index contributed by atoms with van der Waals surface area (Å²) < 4.78 is 12.9. The van der Waals surface area contributed by atoms with E-state index in [1.54, 1.807) is 23.5 Å². The lowest BCUT2D eigenvalue weighted by molar-refractivity contribution is -0.113. The largest absolute Gasteiger partial charge is 0.325 e. The van der Waals surface area contributed by atoms with Crippen LogP contribution in [0.1, 0.15) is 5.56 Å². The van der Waals surface area contributed by atoms with Crippen molar-refractivity contribution in [3.63, 3.8) is 0 Å². The lowest BCUT2D eigenvalue weighted by atomic mass is 10.1. The van der Waals surface area contributed by atoms with Gasteiger partial charge in [0.1, 0.15) is 5.82 Å². The van der Waals surface area contributed by atoms with Gasteiger partial charge in [0.25, 0.3) is 0 Å². The number of benzene rings is 2. The maximum atomic E-state index is 12.9. The molecule has 1 amide bonds. The second kappa shape index (κ2) is 8.13. The first-order valence-electron chi connectivity index (χ1n) is 7.47. The van der Waals surface area contributed by atoms with Crippen LogP contribution in [0.25, 0.3) is 10.4 Å². The number of nitrogens with one attached hydrogen (secondary N) is 1. The fraction of sp³-hybridized carbons (Fsp3) is 0.105. The van der Waals surface area contributed by atoms with Crippen molar-refractivity contribution in [3.8, 4) is 10.4 Å². The molecule has 2 aromatic carbocycles. The maximum absolute atomic E-state index is 12.9. The Morgan fingerprint density at radius 3 is 2.58 bits per heavy atom. The number of thiophene rings is 1. The molecule has 0 spiro atoms. The van der Waals surface area contributed by atoms with E-state index in [9.17, 15) is 9.18 Å². The van der Waals surface area contributed by atoms with Gasteiger partial charge in [0.05, 0.1) is 5.75 Å². The number of anilines is 1. The van der Waals surface area contributed by atoms with Gasteiger partial charge in [-0.1, -0.05) is 36.4 Å². The molecule has 1 heterocycles. The molecule has 0 saturated heterocycles. The zero-order valence-corrected chi connectivity index (χ0v) is 14.5. The molecule has 0 saturated carbocycles. The van der Waals surface area contributed by atoms with Gasteiger partial charge in [-0.3, -0.25) is 4.79 Å². The van der Waals surface area contributed by atoms with Gasteiger partial charge in [0.15, 0.2) is 0 Å². The number of amides is 1. The highest BCUT2D eigenvalue weighted by Crippen LogP contribution is 2.31. The smallest absolute Gasteiger partial charge is 0.234 e. The number of halogens is 1. The van der Waals surface area contributed by atoms with Gasteiger partial charge in [0, 0.05) is 21.9 Å². The van der Waals surface area contributed by atoms with Crippen molar-refractivity contribution in [3.05, 3.63) is 77.4 Å². The monoisotopic (exact) mass is 357 g/mol. The van der Waals surface area contributed by atoms with Crippen LogP contribution in [-0.2, 0) is 10.5 Å². The number of rotatable bonds is 6. The molecule has 3 rings (SSSR count). The lowest BCUT2D eigenvalue weighted by Gasteiger charge is -2.10. The minimum Gasteiger partial charge on any atom is -0.325 e. The van der Waals surface area contributed by atoms with Crippen molar-refractivity contribution in [2.24, 2.45) is 0 Å². The first-order valence-corrected chi connectivity index (χ1v) is 9.51. The molecule has 0 unspecified atom stereocenters. The van der Waals surface area contributed by atoms with E-state index in [2.05, 4.69) is 5.32 Å². The van der Waals surface area contributed by atoms with E-state index in [0.29, 0.717) is 11.5 Å². The number of para-hydroxylation sites is 1. The van der Waals surface area contributed by atoms with Crippen molar-refractivity contribution in [2.75, 3.05) is 11.1 Å². The van der Waals surface area contributed by atoms with Gasteiger partial charge in [0.2, 0.25) is 5.91 Å². The fourth-order valence-corrected chi connectivity index (χ4v) is 3.82. The Kier molecular flexibility index (Phi) is 5.67. The molecular weight excluding hydrogens is 341 g/mol. The van der Waals surface area contributed by atoms with E-state index in [1.165, 1.54) is 23.9 Å². The zero-order valence-electron chi connectivity index (χ0n) is 12.9. The number of carbonyl (C=O) groups excluding carboxylic acids is 1. The molecule has 0 aliphatic rings. The van der Waals surface area contributed by atoms with Crippen LogP contribution in [-0.4, -0.2) is 11.7 Å². The van der Waals surface area contributed by atoms with E-state index in [0.717, 1.165) is 21.7 Å². The predicted octanol–water partition coefficient (Wildman–Crippen LogP) is 5.43. The third-order valence-corrected chi connectivity index (χ3v) is 5.31. The summed E-state index contributed by atoms with van der Waals surface area (Å²) in [6.45, 7) is 0. The summed E-state index contributed by atoms with van der Waals surface area (Å²) in [7, 11) is 0. The second-order valence-electron chi connectivity index (χ2n) is 5.19. The first kappa shape index (κ1) is 16.7. The number of carbonyl (C=O) groups is 1. The van der Waals surface area contributed by atoms with Crippen molar-refractivity contribution in [1.29, 1.82) is 0 Å². The minimum atomic E-state index is -0.244. The molecule has 0 aliphatic heterocycles. The summed E-state index contributed by atoms with van der Waals surface area (Å²) in [5.74, 6) is 0.758. The van der Waals surface area contributed by atoms with Crippen molar-refractivity contribution < 1.29 is 9.18 Å². The Morgan fingerprint density at radius 2 is 1.83 bits per heavy atom. The molecule has 5 heteroatoms. The third kappa shape index (κ3) is 4.46. The highest BCUT2D eigenvalue weighted by Gasteiger charge is 2.09. The van der Waals surface area contributed by atoms with Crippen LogP contribution in [0, 0.1) is 5.82 Å². The van der Waals surface area contributed by atoms with Crippen LogP contribution in [0.4, 0.5) is 10.1 Å². The average molecular weight is 357 g/mol. The van der Waals surface area contributed by atoms with Crippen LogP contribution in [0.15, 0.2) is 66.0 Å². The van der Waals surface area contributed by atoms with Crippen LogP contribution < -0.4 is 5.32 Å². The maximum Gasteiger partial charge on any atom is 0.234 e. The molecule has 0 radical (unpaired) electrons. The van der Waals surface area contributed by atoms with Gasteiger partial charge in [-0.25, -0.2) is 4.39 Å². The van der Waals surface area contributed by atoms with Crippen LogP contribution >= 0.6 is 23.1 Å². The molecule has 1 aromatic heterocycles. The Morgan fingerprint density at radius 1 is 1.04 bits per heavy atom. The zero-order chi connectivity index (χ0) is 16.8. The number of thioether (sulfide) groups is 1. The number of hydrogen-bond acceptors (Lipinski definition) is 3. The van der Waals surface area contributed by atoms with Gasteiger partial charge in [-0.2, -0.15) is 0 Å². The summed E-state index contributed by atoms with van der Waals surface area (Å²) >= 11 is 3.16.